The highest BCUT2D eigenvalue weighted by atomic mass is 19.3. The fraction of sp³-hybridized carbons (Fsp3) is 0.273. The largest absolute Gasteiger partial charge is 0.503 e. The van der Waals surface area contributed by atoms with Gasteiger partial charge in [0.05, 0.1) is 12.2 Å². The van der Waals surface area contributed by atoms with E-state index < -0.39 is 24.1 Å². The lowest BCUT2D eigenvalue weighted by Gasteiger charge is -2.12. The van der Waals surface area contributed by atoms with Crippen LogP contribution in [-0.4, -0.2) is 24.3 Å². The van der Waals surface area contributed by atoms with Gasteiger partial charge in [0.1, 0.15) is 11.6 Å². The second-order valence-corrected chi connectivity index (χ2v) is 3.05. The second kappa shape index (κ2) is 5.82. The first-order valence-corrected chi connectivity index (χ1v) is 4.89. The molecule has 0 aliphatic carbocycles. The first-order valence-electron chi connectivity index (χ1n) is 4.89. The lowest BCUT2D eigenvalue weighted by molar-refractivity contribution is -0.0518. The van der Waals surface area contributed by atoms with E-state index in [0.29, 0.717) is 0 Å². The van der Waals surface area contributed by atoms with E-state index in [4.69, 9.17) is 5.26 Å². The maximum atomic E-state index is 12.2. The molecule has 0 atom stereocenters. The van der Waals surface area contributed by atoms with Crippen LogP contribution in [0, 0.1) is 11.3 Å². The maximum Gasteiger partial charge on any atom is 0.387 e. The Morgan fingerprint density at radius 3 is 2.72 bits per heavy atom. The molecule has 0 aliphatic rings. The number of carbonyl (C=O) groups excluding carboxylic acids is 1. The molecular weight excluding hydrogens is 248 g/mol. The summed E-state index contributed by atoms with van der Waals surface area (Å²) in [6.45, 7) is -1.67. The zero-order valence-electron chi connectivity index (χ0n) is 9.31. The third kappa shape index (κ3) is 2.85. The Labute approximate surface area is 101 Å². The fourth-order valence-electron chi connectivity index (χ4n) is 1.24. The Kier molecular flexibility index (Phi) is 4.43. The molecule has 0 saturated heterocycles. The number of rotatable bonds is 4. The summed E-state index contributed by atoms with van der Waals surface area (Å²) in [5, 5.41) is 18.2. The van der Waals surface area contributed by atoms with Gasteiger partial charge in [-0.3, -0.25) is 0 Å². The van der Waals surface area contributed by atoms with E-state index in [2.05, 4.69) is 9.47 Å². The standard InChI is InChI=1S/C11H9F2NO4/c1-2-17-10(16)7-4-3-6(5-14)8(15)9(7)18-11(12)13/h3-4,11,15H,2H2,1H3. The monoisotopic (exact) mass is 257 g/mol. The highest BCUT2D eigenvalue weighted by molar-refractivity contribution is 5.94. The lowest BCUT2D eigenvalue weighted by atomic mass is 10.1. The average molecular weight is 257 g/mol. The Hall–Kier alpha value is -2.36. The second-order valence-electron chi connectivity index (χ2n) is 3.05. The molecule has 0 unspecified atom stereocenters. The predicted octanol–water partition coefficient (Wildman–Crippen LogP) is 2.04. The van der Waals surface area contributed by atoms with E-state index in [1.165, 1.54) is 6.92 Å². The smallest absolute Gasteiger partial charge is 0.387 e. The van der Waals surface area contributed by atoms with Crippen LogP contribution in [-0.2, 0) is 4.74 Å². The summed E-state index contributed by atoms with van der Waals surface area (Å²) < 4.78 is 33.1. The van der Waals surface area contributed by atoms with Crippen LogP contribution < -0.4 is 4.74 Å². The molecule has 7 heteroatoms. The van der Waals surface area contributed by atoms with Crippen molar-refractivity contribution in [2.45, 2.75) is 13.5 Å². The van der Waals surface area contributed by atoms with Gasteiger partial charge in [0.2, 0.25) is 0 Å². The normalized spacial score (nSPS) is 9.94. The molecule has 0 heterocycles. The minimum atomic E-state index is -3.24. The predicted molar refractivity (Wildman–Crippen MR) is 55.4 cm³/mol. The van der Waals surface area contributed by atoms with Crippen LogP contribution in [0.1, 0.15) is 22.8 Å². The number of phenolic OH excluding ortho intramolecular Hbond substituents is 1. The maximum absolute atomic E-state index is 12.2. The molecule has 1 aromatic rings. The molecule has 1 N–H and O–H groups in total. The number of hydrogen-bond donors (Lipinski definition) is 1. The van der Waals surface area contributed by atoms with E-state index in [1.54, 1.807) is 6.07 Å². The van der Waals surface area contributed by atoms with Crippen molar-refractivity contribution in [2.24, 2.45) is 0 Å². The zero-order chi connectivity index (χ0) is 13.7. The van der Waals surface area contributed by atoms with Crippen LogP contribution in [0.25, 0.3) is 0 Å². The van der Waals surface area contributed by atoms with Crippen LogP contribution in [0.15, 0.2) is 12.1 Å². The highest BCUT2D eigenvalue weighted by Crippen LogP contribution is 2.35. The van der Waals surface area contributed by atoms with Gasteiger partial charge in [-0.05, 0) is 19.1 Å². The first kappa shape index (κ1) is 13.7. The first-order chi connectivity index (χ1) is 8.51. The Bertz CT molecular complexity index is 497. The number of ether oxygens (including phenoxy) is 2. The summed E-state index contributed by atoms with van der Waals surface area (Å²) in [5.41, 5.74) is -0.646. The van der Waals surface area contributed by atoms with Gasteiger partial charge in [-0.15, -0.1) is 0 Å². The highest BCUT2D eigenvalue weighted by Gasteiger charge is 2.22. The van der Waals surface area contributed by atoms with Gasteiger partial charge in [-0.25, -0.2) is 4.79 Å². The number of halogens is 2. The molecule has 1 rings (SSSR count). The third-order valence-electron chi connectivity index (χ3n) is 1.95. The SMILES string of the molecule is CCOC(=O)c1ccc(C#N)c(O)c1OC(F)F. The molecule has 96 valence electrons. The van der Waals surface area contributed by atoms with Crippen molar-refractivity contribution >= 4 is 5.97 Å². The number of alkyl halides is 2. The molecule has 0 radical (unpaired) electrons. The van der Waals surface area contributed by atoms with Crippen LogP contribution in [0.5, 0.6) is 11.5 Å². The van der Waals surface area contributed by atoms with Crippen molar-refractivity contribution in [1.29, 1.82) is 5.26 Å². The number of hydrogen-bond acceptors (Lipinski definition) is 5. The van der Waals surface area contributed by atoms with Gasteiger partial charge in [-0.2, -0.15) is 14.0 Å². The third-order valence-corrected chi connectivity index (χ3v) is 1.95. The van der Waals surface area contributed by atoms with Gasteiger partial charge in [0, 0.05) is 0 Å². The van der Waals surface area contributed by atoms with Gasteiger partial charge >= 0.3 is 12.6 Å². The fourth-order valence-corrected chi connectivity index (χ4v) is 1.24. The van der Waals surface area contributed by atoms with E-state index >= 15 is 0 Å². The van der Waals surface area contributed by atoms with Crippen molar-refractivity contribution in [3.05, 3.63) is 23.3 Å². The van der Waals surface area contributed by atoms with E-state index in [9.17, 15) is 18.7 Å². The van der Waals surface area contributed by atoms with Crippen molar-refractivity contribution in [3.63, 3.8) is 0 Å². The number of aromatic hydroxyl groups is 1. The van der Waals surface area contributed by atoms with Crippen LogP contribution in [0.4, 0.5) is 8.78 Å². The number of nitriles is 1. The van der Waals surface area contributed by atoms with Crippen LogP contribution in [0.3, 0.4) is 0 Å². The summed E-state index contributed by atoms with van der Waals surface area (Å²) >= 11 is 0. The van der Waals surface area contributed by atoms with Crippen molar-refractivity contribution in [1.82, 2.24) is 0 Å². The van der Waals surface area contributed by atoms with Gasteiger partial charge in [-0.1, -0.05) is 0 Å². The van der Waals surface area contributed by atoms with E-state index in [1.807, 2.05) is 0 Å². The Balaban J connectivity index is 3.29. The van der Waals surface area contributed by atoms with Crippen LogP contribution >= 0.6 is 0 Å². The molecular formula is C11H9F2NO4. The molecule has 0 aromatic heterocycles. The van der Waals surface area contributed by atoms with Crippen molar-refractivity contribution in [3.8, 4) is 17.6 Å². The quantitative estimate of drug-likeness (QED) is 0.835. The summed E-state index contributed by atoms with van der Waals surface area (Å²) in [5.74, 6) is -2.50. The Morgan fingerprint density at radius 1 is 1.56 bits per heavy atom. The summed E-state index contributed by atoms with van der Waals surface area (Å²) in [6, 6.07) is 3.77. The van der Waals surface area contributed by atoms with Crippen molar-refractivity contribution < 1.29 is 28.2 Å². The lowest BCUT2D eigenvalue weighted by Crippen LogP contribution is -2.11. The molecule has 5 nitrogen and oxygen atoms in total. The van der Waals surface area contributed by atoms with Gasteiger partial charge in [0.25, 0.3) is 0 Å². The molecule has 1 aromatic carbocycles. The molecule has 0 bridgehead atoms. The summed E-state index contributed by atoms with van der Waals surface area (Å²) in [4.78, 5) is 11.5. The number of benzene rings is 1. The minimum Gasteiger partial charge on any atom is -0.503 e. The van der Waals surface area contributed by atoms with Gasteiger partial charge in [0.15, 0.2) is 11.5 Å². The number of phenols is 1. The molecule has 0 fully saturated rings. The molecule has 18 heavy (non-hydrogen) atoms. The number of nitrogens with zero attached hydrogens (tertiary/aromatic N) is 1. The average Bonchev–Trinajstić information content (AvgIpc) is 2.31. The summed E-state index contributed by atoms with van der Waals surface area (Å²) in [7, 11) is 0. The number of esters is 1. The molecule has 0 aliphatic heterocycles. The Morgan fingerprint density at radius 2 is 2.22 bits per heavy atom. The molecule has 0 saturated carbocycles. The van der Waals surface area contributed by atoms with Gasteiger partial charge < -0.3 is 14.6 Å². The van der Waals surface area contributed by atoms with E-state index in [-0.39, 0.29) is 17.7 Å². The zero-order valence-corrected chi connectivity index (χ0v) is 9.31. The minimum absolute atomic E-state index is 0.0354. The number of carbonyl (C=O) groups is 1. The summed E-state index contributed by atoms with van der Waals surface area (Å²) in [6.07, 6.45) is 0. The topological polar surface area (TPSA) is 79.6 Å². The molecule has 0 spiro atoms. The van der Waals surface area contributed by atoms with E-state index in [0.717, 1.165) is 12.1 Å². The molecule has 0 amide bonds. The van der Waals surface area contributed by atoms with Crippen LogP contribution in [0.2, 0.25) is 0 Å². The van der Waals surface area contributed by atoms with Crippen molar-refractivity contribution in [2.75, 3.05) is 6.61 Å².